The minimum atomic E-state index is -0.459. The first kappa shape index (κ1) is 18.2. The normalized spacial score (nSPS) is 23.1. The lowest BCUT2D eigenvalue weighted by Gasteiger charge is -2.32. The Bertz CT molecular complexity index is 693. The summed E-state index contributed by atoms with van der Waals surface area (Å²) >= 11 is 0. The third kappa shape index (κ3) is 3.95. The van der Waals surface area contributed by atoms with Gasteiger partial charge in [0.05, 0.1) is 5.56 Å². The van der Waals surface area contributed by atoms with Crippen LogP contribution in [0.1, 0.15) is 30.6 Å². The highest BCUT2D eigenvalue weighted by molar-refractivity contribution is 5.94. The van der Waals surface area contributed by atoms with E-state index in [-0.39, 0.29) is 23.9 Å². The van der Waals surface area contributed by atoms with Gasteiger partial charge in [0.2, 0.25) is 5.91 Å². The van der Waals surface area contributed by atoms with Crippen molar-refractivity contribution in [2.24, 2.45) is 5.41 Å². The number of amides is 4. The van der Waals surface area contributed by atoms with Gasteiger partial charge in [0.15, 0.2) is 0 Å². The van der Waals surface area contributed by atoms with Crippen LogP contribution in [0.25, 0.3) is 0 Å². The molecule has 4 amide bonds. The van der Waals surface area contributed by atoms with E-state index in [0.717, 1.165) is 0 Å². The molecule has 140 valence electrons. The minimum Gasteiger partial charge on any atom is -0.355 e. The third-order valence-corrected chi connectivity index (χ3v) is 4.78. The van der Waals surface area contributed by atoms with E-state index >= 15 is 0 Å². The van der Waals surface area contributed by atoms with E-state index in [4.69, 9.17) is 0 Å². The molecule has 8 heteroatoms. The lowest BCUT2D eigenvalue weighted by atomic mass is 9.86. The molecule has 0 saturated carbocycles. The van der Waals surface area contributed by atoms with Gasteiger partial charge in [-0.05, 0) is 26.0 Å². The van der Waals surface area contributed by atoms with Crippen LogP contribution in [0.2, 0.25) is 0 Å². The Labute approximate surface area is 152 Å². The standard InChI is InChI=1S/C18H25N5O3/c1-13(2)21-17(26)23-7-6-22(16(25)14-4-3-5-19-9-14)11-18(12-23)8-15(24)20-10-18/h3-5,9,13H,6-8,10-12H2,1-2H3,(H,20,24)(H,21,26)/t18-/m1/s1. The number of hydrogen-bond donors (Lipinski definition) is 2. The molecule has 1 aromatic heterocycles. The number of pyridine rings is 1. The smallest absolute Gasteiger partial charge is 0.317 e. The molecule has 0 unspecified atom stereocenters. The molecule has 2 fully saturated rings. The van der Waals surface area contributed by atoms with E-state index in [1.54, 1.807) is 34.3 Å². The molecule has 0 aromatic carbocycles. The lowest BCUT2D eigenvalue weighted by Crippen LogP contribution is -2.48. The summed E-state index contributed by atoms with van der Waals surface area (Å²) in [5.74, 6) is -0.159. The molecule has 1 spiro atoms. The molecule has 2 aliphatic heterocycles. The number of rotatable bonds is 2. The van der Waals surface area contributed by atoms with Gasteiger partial charge in [0, 0.05) is 63.0 Å². The third-order valence-electron chi connectivity index (χ3n) is 4.78. The summed E-state index contributed by atoms with van der Waals surface area (Å²) in [5.41, 5.74) is 0.0553. The number of nitrogens with one attached hydrogen (secondary N) is 2. The predicted molar refractivity (Wildman–Crippen MR) is 95.4 cm³/mol. The second-order valence-corrected chi connectivity index (χ2v) is 7.45. The molecule has 3 rings (SSSR count). The van der Waals surface area contributed by atoms with Crippen molar-refractivity contribution in [2.45, 2.75) is 26.3 Å². The Morgan fingerprint density at radius 3 is 2.62 bits per heavy atom. The first-order valence-corrected chi connectivity index (χ1v) is 8.90. The summed E-state index contributed by atoms with van der Waals surface area (Å²) in [6.07, 6.45) is 3.48. The fraction of sp³-hybridized carbons (Fsp3) is 0.556. The first-order valence-electron chi connectivity index (χ1n) is 8.90. The molecule has 2 aliphatic rings. The number of carbonyl (C=O) groups excluding carboxylic acids is 3. The molecule has 0 aliphatic carbocycles. The summed E-state index contributed by atoms with van der Waals surface area (Å²) in [7, 11) is 0. The van der Waals surface area contributed by atoms with E-state index in [1.165, 1.54) is 0 Å². The highest BCUT2D eigenvalue weighted by Gasteiger charge is 2.45. The van der Waals surface area contributed by atoms with Crippen molar-refractivity contribution in [3.8, 4) is 0 Å². The summed E-state index contributed by atoms with van der Waals surface area (Å²) in [6, 6.07) is 3.32. The van der Waals surface area contributed by atoms with Gasteiger partial charge in [-0.2, -0.15) is 0 Å². The zero-order valence-electron chi connectivity index (χ0n) is 15.2. The van der Waals surface area contributed by atoms with Gasteiger partial charge in [0.1, 0.15) is 0 Å². The number of carbonyl (C=O) groups is 3. The molecular formula is C18H25N5O3. The van der Waals surface area contributed by atoms with Crippen molar-refractivity contribution >= 4 is 17.8 Å². The van der Waals surface area contributed by atoms with Crippen LogP contribution in [0.5, 0.6) is 0 Å². The fourth-order valence-electron chi connectivity index (χ4n) is 3.59. The van der Waals surface area contributed by atoms with Crippen LogP contribution in [0.4, 0.5) is 4.79 Å². The van der Waals surface area contributed by atoms with Crippen LogP contribution in [0.3, 0.4) is 0 Å². The zero-order valence-corrected chi connectivity index (χ0v) is 15.2. The molecule has 0 bridgehead atoms. The molecule has 2 N–H and O–H groups in total. The van der Waals surface area contributed by atoms with Gasteiger partial charge < -0.3 is 20.4 Å². The molecular weight excluding hydrogens is 334 g/mol. The Balaban J connectivity index is 1.82. The fourth-order valence-corrected chi connectivity index (χ4v) is 3.59. The topological polar surface area (TPSA) is 94.6 Å². The highest BCUT2D eigenvalue weighted by atomic mass is 16.2. The number of aromatic nitrogens is 1. The van der Waals surface area contributed by atoms with Crippen molar-refractivity contribution in [3.05, 3.63) is 30.1 Å². The van der Waals surface area contributed by atoms with Crippen LogP contribution in [-0.2, 0) is 4.79 Å². The molecule has 2 saturated heterocycles. The van der Waals surface area contributed by atoms with E-state index in [2.05, 4.69) is 15.6 Å². The van der Waals surface area contributed by atoms with Crippen LogP contribution in [-0.4, -0.2) is 71.4 Å². The second kappa shape index (κ2) is 7.31. The van der Waals surface area contributed by atoms with Crippen molar-refractivity contribution in [3.63, 3.8) is 0 Å². The SMILES string of the molecule is CC(C)NC(=O)N1CCN(C(=O)c2cccnc2)C[C@@]2(CNC(=O)C2)C1. The number of nitrogens with zero attached hydrogens (tertiary/aromatic N) is 3. The van der Waals surface area contributed by atoms with Crippen LogP contribution in [0.15, 0.2) is 24.5 Å². The molecule has 8 nitrogen and oxygen atoms in total. The van der Waals surface area contributed by atoms with Crippen molar-refractivity contribution in [1.82, 2.24) is 25.4 Å². The van der Waals surface area contributed by atoms with E-state index < -0.39 is 5.41 Å². The van der Waals surface area contributed by atoms with E-state index in [9.17, 15) is 14.4 Å². The summed E-state index contributed by atoms with van der Waals surface area (Å²) in [6.45, 7) is 6.02. The predicted octanol–water partition coefficient (Wildman–Crippen LogP) is 0.464. The van der Waals surface area contributed by atoms with Gasteiger partial charge in [-0.3, -0.25) is 14.6 Å². The van der Waals surface area contributed by atoms with Gasteiger partial charge in [-0.15, -0.1) is 0 Å². The zero-order chi connectivity index (χ0) is 18.7. The average molecular weight is 359 g/mol. The van der Waals surface area contributed by atoms with E-state index in [0.29, 0.717) is 44.7 Å². The monoisotopic (exact) mass is 359 g/mol. The second-order valence-electron chi connectivity index (χ2n) is 7.45. The molecule has 1 atom stereocenters. The van der Waals surface area contributed by atoms with Crippen LogP contribution < -0.4 is 10.6 Å². The molecule has 0 radical (unpaired) electrons. The van der Waals surface area contributed by atoms with Crippen LogP contribution >= 0.6 is 0 Å². The lowest BCUT2D eigenvalue weighted by molar-refractivity contribution is -0.119. The average Bonchev–Trinajstić information content (AvgIpc) is 2.86. The first-order chi connectivity index (χ1) is 12.4. The van der Waals surface area contributed by atoms with E-state index in [1.807, 2.05) is 13.8 Å². The number of urea groups is 1. The maximum absolute atomic E-state index is 12.9. The van der Waals surface area contributed by atoms with Crippen molar-refractivity contribution < 1.29 is 14.4 Å². The molecule has 26 heavy (non-hydrogen) atoms. The van der Waals surface area contributed by atoms with Gasteiger partial charge >= 0.3 is 6.03 Å². The quantitative estimate of drug-likeness (QED) is 0.802. The summed E-state index contributed by atoms with van der Waals surface area (Å²) in [4.78, 5) is 44.8. The molecule has 3 heterocycles. The summed E-state index contributed by atoms with van der Waals surface area (Å²) < 4.78 is 0. The minimum absolute atomic E-state index is 0.0261. The van der Waals surface area contributed by atoms with Gasteiger partial charge in [-0.1, -0.05) is 0 Å². The Hall–Kier alpha value is -2.64. The Morgan fingerprint density at radius 1 is 1.27 bits per heavy atom. The van der Waals surface area contributed by atoms with Crippen molar-refractivity contribution in [2.75, 3.05) is 32.7 Å². The van der Waals surface area contributed by atoms with Crippen LogP contribution in [0, 0.1) is 5.41 Å². The molecule has 1 aromatic rings. The Morgan fingerprint density at radius 2 is 2.00 bits per heavy atom. The largest absolute Gasteiger partial charge is 0.355 e. The highest BCUT2D eigenvalue weighted by Crippen LogP contribution is 2.31. The summed E-state index contributed by atoms with van der Waals surface area (Å²) in [5, 5.41) is 5.76. The van der Waals surface area contributed by atoms with Gasteiger partial charge in [0.25, 0.3) is 5.91 Å². The number of hydrogen-bond acceptors (Lipinski definition) is 4. The van der Waals surface area contributed by atoms with Gasteiger partial charge in [-0.25, -0.2) is 4.79 Å². The maximum Gasteiger partial charge on any atom is 0.317 e. The van der Waals surface area contributed by atoms with Crippen molar-refractivity contribution in [1.29, 1.82) is 0 Å². The maximum atomic E-state index is 12.9. The Kier molecular flexibility index (Phi) is 5.11.